The second kappa shape index (κ2) is 12.0. The van der Waals surface area contributed by atoms with Gasteiger partial charge in [-0.1, -0.05) is 18.7 Å². The van der Waals surface area contributed by atoms with Crippen molar-refractivity contribution in [2.45, 2.75) is 5.92 Å². The zero-order valence-corrected chi connectivity index (χ0v) is 24.3. The summed E-state index contributed by atoms with van der Waals surface area (Å²) in [5.41, 5.74) is 6.33. The van der Waals surface area contributed by atoms with Gasteiger partial charge in [0.2, 0.25) is 11.9 Å². The Morgan fingerprint density at radius 3 is 2.66 bits per heavy atom. The van der Waals surface area contributed by atoms with Crippen LogP contribution in [0.15, 0.2) is 61.4 Å². The average molecular weight is 556 g/mol. The quantitative estimate of drug-likeness (QED) is 0.259. The molecule has 0 saturated carbocycles. The number of aryl methyl sites for hydroxylation is 1. The molecule has 214 valence electrons. The van der Waals surface area contributed by atoms with Crippen molar-refractivity contribution in [1.29, 1.82) is 0 Å². The lowest BCUT2D eigenvalue weighted by Gasteiger charge is -2.26. The third kappa shape index (κ3) is 6.03. The highest BCUT2D eigenvalue weighted by atomic mass is 16.5. The molecule has 1 aliphatic heterocycles. The maximum absolute atomic E-state index is 12.3. The second-order valence-electron chi connectivity index (χ2n) is 10.5. The van der Waals surface area contributed by atoms with Crippen molar-refractivity contribution in [3.8, 4) is 17.0 Å². The molecule has 0 bridgehead atoms. The fraction of sp³-hybridized carbons (Fsp3) is 0.323. The molecule has 10 nitrogen and oxygen atoms in total. The predicted octanol–water partition coefficient (Wildman–Crippen LogP) is 4.62. The standard InChI is InChI=1S/C31H37N7O3/c1-7-30(39)33-25-15-26(29(40-6)16-28(25)37(4)13-12-36(2)3)35-31-32-11-10-24(34-31)23-17-38(5)27-14-20(8-9-22(23)27)21-18-41-19-21/h7-11,14-17,21H,1,12-13,18-19H2,2-6H3,(H,33,39)(H,32,34,35). The summed E-state index contributed by atoms with van der Waals surface area (Å²) >= 11 is 0. The highest BCUT2D eigenvalue weighted by Gasteiger charge is 2.22. The molecule has 0 atom stereocenters. The highest BCUT2D eigenvalue weighted by Crippen LogP contribution is 2.38. The largest absolute Gasteiger partial charge is 0.494 e. The molecule has 41 heavy (non-hydrogen) atoms. The molecule has 1 amide bonds. The van der Waals surface area contributed by atoms with Crippen LogP contribution in [0.5, 0.6) is 5.75 Å². The molecule has 3 heterocycles. The molecule has 0 aliphatic carbocycles. The molecule has 2 aromatic carbocycles. The zero-order chi connectivity index (χ0) is 29.1. The molecule has 4 aromatic rings. The first kappa shape index (κ1) is 28.1. The maximum atomic E-state index is 12.3. The number of fused-ring (bicyclic) bond motifs is 1. The molecular formula is C31H37N7O3. The van der Waals surface area contributed by atoms with Gasteiger partial charge < -0.3 is 34.5 Å². The average Bonchev–Trinajstić information content (AvgIpc) is 3.26. The van der Waals surface area contributed by atoms with E-state index in [1.165, 1.54) is 11.6 Å². The number of hydrogen-bond donors (Lipinski definition) is 2. The minimum absolute atomic E-state index is 0.300. The summed E-state index contributed by atoms with van der Waals surface area (Å²) in [5, 5.41) is 7.36. The fourth-order valence-electron chi connectivity index (χ4n) is 4.88. The molecule has 1 saturated heterocycles. The van der Waals surface area contributed by atoms with Crippen LogP contribution in [0.3, 0.4) is 0 Å². The second-order valence-corrected chi connectivity index (χ2v) is 10.5. The molecule has 0 unspecified atom stereocenters. The number of methoxy groups -OCH3 is 1. The number of carbonyl (C=O) groups is 1. The fourth-order valence-corrected chi connectivity index (χ4v) is 4.88. The number of aromatic nitrogens is 3. The van der Waals surface area contributed by atoms with E-state index in [-0.39, 0.29) is 5.91 Å². The van der Waals surface area contributed by atoms with Gasteiger partial charge in [0.25, 0.3) is 0 Å². The predicted molar refractivity (Wildman–Crippen MR) is 164 cm³/mol. The third-order valence-corrected chi connectivity index (χ3v) is 7.36. The van der Waals surface area contributed by atoms with E-state index in [0.717, 1.165) is 54.2 Å². The first-order chi connectivity index (χ1) is 19.8. The monoisotopic (exact) mass is 555 g/mol. The molecule has 5 rings (SSSR count). The van der Waals surface area contributed by atoms with Crippen LogP contribution in [0, 0.1) is 0 Å². The van der Waals surface area contributed by atoms with Crippen molar-refractivity contribution in [1.82, 2.24) is 19.4 Å². The van der Waals surface area contributed by atoms with Gasteiger partial charge >= 0.3 is 0 Å². The first-order valence-electron chi connectivity index (χ1n) is 13.6. The summed E-state index contributed by atoms with van der Waals surface area (Å²) < 4.78 is 13.3. The number of amides is 1. The van der Waals surface area contributed by atoms with Crippen LogP contribution in [-0.4, -0.2) is 79.9 Å². The molecule has 1 fully saturated rings. The lowest BCUT2D eigenvalue weighted by atomic mass is 9.96. The van der Waals surface area contributed by atoms with E-state index in [0.29, 0.717) is 29.0 Å². The van der Waals surface area contributed by atoms with Gasteiger partial charge in [0.05, 0.1) is 43.1 Å². The summed E-state index contributed by atoms with van der Waals surface area (Å²) in [6.07, 6.45) is 5.08. The molecule has 1 aliphatic rings. The van der Waals surface area contributed by atoms with Crippen LogP contribution < -0.4 is 20.3 Å². The number of ether oxygens (including phenoxy) is 2. The Hall–Kier alpha value is -4.41. The SMILES string of the molecule is C=CC(=O)Nc1cc(Nc2nccc(-c3cn(C)c4cc(C5COC5)ccc34)n2)c(OC)cc1N(C)CCN(C)C. The number of rotatable bonds is 11. The summed E-state index contributed by atoms with van der Waals surface area (Å²) in [6.45, 7) is 6.75. The van der Waals surface area contributed by atoms with Crippen LogP contribution in [-0.2, 0) is 16.6 Å². The van der Waals surface area contributed by atoms with Crippen LogP contribution in [0.4, 0.5) is 23.0 Å². The molecule has 2 N–H and O–H groups in total. The molecule has 10 heteroatoms. The van der Waals surface area contributed by atoms with E-state index >= 15 is 0 Å². The number of hydrogen-bond acceptors (Lipinski definition) is 8. The van der Waals surface area contributed by atoms with Gasteiger partial charge in [0, 0.05) is 68.0 Å². The van der Waals surface area contributed by atoms with Gasteiger partial charge in [-0.25, -0.2) is 9.97 Å². The number of carbonyl (C=O) groups excluding carboxylic acids is 1. The summed E-state index contributed by atoms with van der Waals surface area (Å²) in [4.78, 5) is 25.8. The summed E-state index contributed by atoms with van der Waals surface area (Å²) in [6, 6.07) is 12.2. The van der Waals surface area contributed by atoms with Gasteiger partial charge in [-0.3, -0.25) is 4.79 Å². The Balaban J connectivity index is 1.47. The van der Waals surface area contributed by atoms with E-state index in [2.05, 4.69) is 61.0 Å². The number of anilines is 4. The van der Waals surface area contributed by atoms with E-state index in [1.54, 1.807) is 13.3 Å². The normalized spacial score (nSPS) is 13.2. The van der Waals surface area contributed by atoms with Crippen LogP contribution >= 0.6 is 0 Å². The van der Waals surface area contributed by atoms with Crippen molar-refractivity contribution in [3.63, 3.8) is 0 Å². The van der Waals surface area contributed by atoms with E-state index in [9.17, 15) is 4.79 Å². The maximum Gasteiger partial charge on any atom is 0.247 e. The van der Waals surface area contributed by atoms with E-state index in [1.807, 2.05) is 46.4 Å². The highest BCUT2D eigenvalue weighted by molar-refractivity contribution is 6.02. The smallest absolute Gasteiger partial charge is 0.247 e. The minimum atomic E-state index is -0.300. The van der Waals surface area contributed by atoms with Gasteiger partial charge in [0.15, 0.2) is 0 Å². The molecular weight excluding hydrogens is 518 g/mol. The molecule has 2 aromatic heterocycles. The van der Waals surface area contributed by atoms with Crippen molar-refractivity contribution in [2.24, 2.45) is 7.05 Å². The number of nitrogens with one attached hydrogen (secondary N) is 2. The topological polar surface area (TPSA) is 96.8 Å². The van der Waals surface area contributed by atoms with Gasteiger partial charge in [-0.05, 0) is 43.9 Å². The first-order valence-corrected chi connectivity index (χ1v) is 13.6. The Morgan fingerprint density at radius 2 is 1.98 bits per heavy atom. The van der Waals surface area contributed by atoms with Gasteiger partial charge in [-0.2, -0.15) is 0 Å². The number of nitrogens with zero attached hydrogens (tertiary/aromatic N) is 5. The third-order valence-electron chi connectivity index (χ3n) is 7.36. The van der Waals surface area contributed by atoms with Crippen molar-refractivity contribution in [3.05, 3.63) is 67.0 Å². The van der Waals surface area contributed by atoms with Gasteiger partial charge in [-0.15, -0.1) is 0 Å². The summed E-state index contributed by atoms with van der Waals surface area (Å²) in [7, 11) is 9.69. The Bertz CT molecular complexity index is 1580. The lowest BCUT2D eigenvalue weighted by Crippen LogP contribution is -2.29. The Kier molecular flexibility index (Phi) is 8.23. The van der Waals surface area contributed by atoms with E-state index < -0.39 is 0 Å². The molecule has 0 spiro atoms. The lowest BCUT2D eigenvalue weighted by molar-refractivity contribution is -0.111. The van der Waals surface area contributed by atoms with Crippen LogP contribution in [0.25, 0.3) is 22.2 Å². The number of likely N-dealkylation sites (N-methyl/N-ethyl adjacent to an activating group) is 2. The van der Waals surface area contributed by atoms with Crippen molar-refractivity contribution < 1.29 is 14.3 Å². The number of benzene rings is 2. The Labute approximate surface area is 240 Å². The molecule has 0 radical (unpaired) electrons. The van der Waals surface area contributed by atoms with Crippen LogP contribution in [0.1, 0.15) is 11.5 Å². The Morgan fingerprint density at radius 1 is 1.17 bits per heavy atom. The van der Waals surface area contributed by atoms with Crippen molar-refractivity contribution >= 4 is 39.8 Å². The van der Waals surface area contributed by atoms with Gasteiger partial charge in [0.1, 0.15) is 5.75 Å². The van der Waals surface area contributed by atoms with Crippen LogP contribution in [0.2, 0.25) is 0 Å². The minimum Gasteiger partial charge on any atom is -0.494 e. The van der Waals surface area contributed by atoms with E-state index in [4.69, 9.17) is 14.5 Å². The summed E-state index contributed by atoms with van der Waals surface area (Å²) in [5.74, 6) is 1.17. The van der Waals surface area contributed by atoms with Crippen molar-refractivity contribution in [2.75, 3.05) is 70.1 Å². The zero-order valence-electron chi connectivity index (χ0n) is 24.3.